The Morgan fingerprint density at radius 1 is 1.09 bits per heavy atom. The van der Waals surface area contributed by atoms with E-state index in [9.17, 15) is 22.2 Å². The van der Waals surface area contributed by atoms with Crippen LogP contribution < -0.4 is 14.8 Å². The summed E-state index contributed by atoms with van der Waals surface area (Å²) >= 11 is 0. The summed E-state index contributed by atoms with van der Waals surface area (Å²) in [5, 5.41) is 9.25. The maximum atomic E-state index is 13.5. The summed E-state index contributed by atoms with van der Waals surface area (Å²) < 4.78 is 71.5. The lowest BCUT2D eigenvalue weighted by molar-refractivity contribution is -0.142. The van der Waals surface area contributed by atoms with E-state index < -0.39 is 44.5 Å². The summed E-state index contributed by atoms with van der Waals surface area (Å²) in [6, 6.07) is 12.0. The molecule has 3 rings (SSSR count). The van der Waals surface area contributed by atoms with Crippen LogP contribution in [0.4, 0.5) is 18.9 Å². The van der Waals surface area contributed by atoms with Gasteiger partial charge in [0.15, 0.2) is 5.69 Å². The second kappa shape index (κ2) is 9.90. The smallest absolute Gasteiger partial charge is 0.435 e. The second-order valence-electron chi connectivity index (χ2n) is 7.92. The summed E-state index contributed by atoms with van der Waals surface area (Å²) in [7, 11) is -3.08. The van der Waals surface area contributed by atoms with E-state index in [4.69, 9.17) is 14.3 Å². The van der Waals surface area contributed by atoms with Crippen molar-refractivity contribution < 1.29 is 31.6 Å². The van der Waals surface area contributed by atoms with Crippen molar-refractivity contribution in [3.8, 4) is 17.4 Å². The quantitative estimate of drug-likeness (QED) is 0.425. The molecule has 0 fully saturated rings. The standard InChI is InChI=1S/C23H23F3N4O4S/c1-13(2)33-16-8-6-9-17(12-16)34-22-19(14(3)20(29-30-22)23(24,25)26)21(31)28-15-7-5-10-18(11-15)35(4,27)32/h5-13,27H,1-4H3,(H,28,31). The number of rotatable bonds is 7. The molecule has 1 amide bonds. The van der Waals surface area contributed by atoms with Crippen LogP contribution in [0.3, 0.4) is 0 Å². The SMILES string of the molecule is Cc1c(C(F)(F)F)nnc(Oc2cccc(OC(C)C)c2)c1C(=O)Nc1cccc(S(C)(=N)=O)c1. The van der Waals surface area contributed by atoms with Gasteiger partial charge >= 0.3 is 6.18 Å². The van der Waals surface area contributed by atoms with Crippen LogP contribution in [0.25, 0.3) is 0 Å². The molecule has 12 heteroatoms. The maximum Gasteiger partial charge on any atom is 0.435 e. The van der Waals surface area contributed by atoms with Crippen LogP contribution in [-0.2, 0) is 15.9 Å². The highest BCUT2D eigenvalue weighted by atomic mass is 32.2. The monoisotopic (exact) mass is 508 g/mol. The van der Waals surface area contributed by atoms with Gasteiger partial charge in [-0.25, -0.2) is 8.99 Å². The molecule has 3 aromatic rings. The number of halogens is 3. The number of alkyl halides is 3. The van der Waals surface area contributed by atoms with Gasteiger partial charge in [0, 0.05) is 22.9 Å². The van der Waals surface area contributed by atoms with Gasteiger partial charge in [0.1, 0.15) is 17.1 Å². The van der Waals surface area contributed by atoms with Gasteiger partial charge in [-0.15, -0.1) is 10.2 Å². The van der Waals surface area contributed by atoms with Crippen LogP contribution in [0, 0.1) is 11.7 Å². The summed E-state index contributed by atoms with van der Waals surface area (Å²) in [5.74, 6) is -0.758. The second-order valence-corrected chi connectivity index (χ2v) is 10.1. The Kier molecular flexibility index (Phi) is 7.34. The molecule has 0 aliphatic rings. The van der Waals surface area contributed by atoms with Crippen LogP contribution in [-0.4, -0.2) is 32.7 Å². The lowest BCUT2D eigenvalue weighted by Crippen LogP contribution is -2.21. The summed E-state index contributed by atoms with van der Waals surface area (Å²) in [5.41, 5.74) is -2.15. The number of nitrogens with zero attached hydrogens (tertiary/aromatic N) is 2. The number of aromatic nitrogens is 2. The van der Waals surface area contributed by atoms with Crippen LogP contribution >= 0.6 is 0 Å². The Balaban J connectivity index is 2.04. The van der Waals surface area contributed by atoms with Crippen molar-refractivity contribution in [2.75, 3.05) is 11.6 Å². The zero-order valence-corrected chi connectivity index (χ0v) is 20.1. The molecule has 1 atom stereocenters. The van der Waals surface area contributed by atoms with E-state index in [-0.39, 0.29) is 22.4 Å². The molecule has 0 saturated carbocycles. The molecular weight excluding hydrogens is 485 g/mol. The summed E-state index contributed by atoms with van der Waals surface area (Å²) in [6.45, 7) is 4.75. The Labute approximate surface area is 200 Å². The van der Waals surface area contributed by atoms with E-state index in [2.05, 4.69) is 15.5 Å². The van der Waals surface area contributed by atoms with Crippen molar-refractivity contribution in [2.24, 2.45) is 0 Å². The molecule has 2 N–H and O–H groups in total. The number of benzene rings is 2. The van der Waals surface area contributed by atoms with Crippen LogP contribution in [0.1, 0.15) is 35.5 Å². The molecule has 0 radical (unpaired) electrons. The van der Waals surface area contributed by atoms with Gasteiger partial charge in [-0.3, -0.25) is 4.79 Å². The summed E-state index contributed by atoms with van der Waals surface area (Å²) in [4.78, 5) is 13.3. The molecule has 8 nitrogen and oxygen atoms in total. The Hall–Kier alpha value is -3.67. The average molecular weight is 509 g/mol. The Morgan fingerprint density at radius 2 is 1.74 bits per heavy atom. The number of ether oxygens (including phenoxy) is 2. The molecule has 0 aliphatic heterocycles. The third kappa shape index (κ3) is 6.47. The highest BCUT2D eigenvalue weighted by Gasteiger charge is 2.38. The van der Waals surface area contributed by atoms with Crippen LogP contribution in [0.5, 0.6) is 17.4 Å². The first-order valence-electron chi connectivity index (χ1n) is 10.3. The van der Waals surface area contributed by atoms with Crippen molar-refractivity contribution in [2.45, 2.75) is 37.9 Å². The Bertz CT molecular complexity index is 1360. The van der Waals surface area contributed by atoms with Crippen molar-refractivity contribution in [3.05, 3.63) is 65.4 Å². The van der Waals surface area contributed by atoms with Crippen molar-refractivity contribution in [1.82, 2.24) is 10.2 Å². The number of amides is 1. The Morgan fingerprint density at radius 3 is 2.37 bits per heavy atom. The minimum atomic E-state index is -4.85. The number of carbonyl (C=O) groups excluding carboxylic acids is 1. The molecule has 35 heavy (non-hydrogen) atoms. The highest BCUT2D eigenvalue weighted by Crippen LogP contribution is 2.35. The molecule has 2 aromatic carbocycles. The first kappa shape index (κ1) is 25.9. The lowest BCUT2D eigenvalue weighted by Gasteiger charge is -2.16. The predicted molar refractivity (Wildman–Crippen MR) is 123 cm³/mol. The number of anilines is 1. The summed E-state index contributed by atoms with van der Waals surface area (Å²) in [6.07, 6.45) is -3.77. The van der Waals surface area contributed by atoms with Gasteiger partial charge < -0.3 is 14.8 Å². The van der Waals surface area contributed by atoms with Gasteiger partial charge in [-0.05, 0) is 56.7 Å². The molecule has 0 bridgehead atoms. The molecular formula is C23H23F3N4O4S. The zero-order valence-electron chi connectivity index (χ0n) is 19.3. The maximum absolute atomic E-state index is 13.5. The van der Waals surface area contributed by atoms with Crippen LogP contribution in [0.2, 0.25) is 0 Å². The number of hydrogen-bond donors (Lipinski definition) is 2. The van der Waals surface area contributed by atoms with Crippen molar-refractivity contribution in [1.29, 1.82) is 4.78 Å². The third-order valence-electron chi connectivity index (χ3n) is 4.61. The van der Waals surface area contributed by atoms with Crippen molar-refractivity contribution in [3.63, 3.8) is 0 Å². The van der Waals surface area contributed by atoms with Gasteiger partial charge in [0.05, 0.1) is 15.8 Å². The van der Waals surface area contributed by atoms with Crippen LogP contribution in [0.15, 0.2) is 53.4 Å². The minimum Gasteiger partial charge on any atom is -0.491 e. The fourth-order valence-corrected chi connectivity index (χ4v) is 3.80. The van der Waals surface area contributed by atoms with Gasteiger partial charge in [0.25, 0.3) is 11.8 Å². The molecule has 1 heterocycles. The molecule has 0 saturated heterocycles. The zero-order chi connectivity index (χ0) is 26.0. The highest BCUT2D eigenvalue weighted by molar-refractivity contribution is 7.91. The largest absolute Gasteiger partial charge is 0.491 e. The van der Waals surface area contributed by atoms with Gasteiger partial charge in [-0.2, -0.15) is 13.2 Å². The third-order valence-corrected chi connectivity index (χ3v) is 5.77. The molecule has 1 aromatic heterocycles. The number of nitrogens with one attached hydrogen (secondary N) is 2. The van der Waals surface area contributed by atoms with E-state index in [1.54, 1.807) is 12.1 Å². The van der Waals surface area contributed by atoms with Gasteiger partial charge in [-0.1, -0.05) is 12.1 Å². The first-order valence-corrected chi connectivity index (χ1v) is 12.3. The normalized spacial score (nSPS) is 13.3. The van der Waals surface area contributed by atoms with Crippen molar-refractivity contribution >= 4 is 21.3 Å². The lowest BCUT2D eigenvalue weighted by atomic mass is 10.1. The molecule has 186 valence electrons. The van der Waals surface area contributed by atoms with E-state index in [0.717, 1.165) is 6.92 Å². The van der Waals surface area contributed by atoms with E-state index in [0.29, 0.717) is 5.75 Å². The van der Waals surface area contributed by atoms with E-state index in [1.165, 1.54) is 42.7 Å². The number of hydrogen-bond acceptors (Lipinski definition) is 7. The first-order chi connectivity index (χ1) is 16.3. The van der Waals surface area contributed by atoms with Gasteiger partial charge in [0.2, 0.25) is 0 Å². The predicted octanol–water partition coefficient (Wildman–Crippen LogP) is 5.67. The molecule has 0 aliphatic carbocycles. The minimum absolute atomic E-state index is 0.128. The fourth-order valence-electron chi connectivity index (χ4n) is 3.11. The molecule has 0 spiro atoms. The molecule has 1 unspecified atom stereocenters. The van der Waals surface area contributed by atoms with E-state index in [1.807, 2.05) is 13.8 Å². The fraction of sp³-hybridized carbons (Fsp3) is 0.261. The topological polar surface area (TPSA) is 114 Å². The average Bonchev–Trinajstić information content (AvgIpc) is 2.72. The van der Waals surface area contributed by atoms with E-state index >= 15 is 0 Å². The number of carbonyl (C=O) groups is 1.